The van der Waals surface area contributed by atoms with E-state index in [9.17, 15) is 9.59 Å². The summed E-state index contributed by atoms with van der Waals surface area (Å²) in [5.74, 6) is 0.0184. The fraction of sp³-hybridized carbons (Fsp3) is 0.208. The van der Waals surface area contributed by atoms with Gasteiger partial charge >= 0.3 is 0 Å². The molecule has 0 fully saturated rings. The lowest BCUT2D eigenvalue weighted by Gasteiger charge is -2.13. The minimum atomic E-state index is -0.235. The Balaban J connectivity index is 1.28. The van der Waals surface area contributed by atoms with E-state index in [1.165, 1.54) is 16.2 Å². The van der Waals surface area contributed by atoms with E-state index >= 15 is 0 Å². The number of anilines is 2. The number of pyridine rings is 1. The fourth-order valence-corrected chi connectivity index (χ4v) is 5.64. The number of para-hydroxylation sites is 1. The zero-order valence-corrected chi connectivity index (χ0v) is 19.7. The number of aryl methyl sites for hydroxylation is 1. The molecule has 1 aliphatic rings. The summed E-state index contributed by atoms with van der Waals surface area (Å²) in [6.45, 7) is 0. The van der Waals surface area contributed by atoms with E-state index in [1.807, 2.05) is 30.3 Å². The summed E-state index contributed by atoms with van der Waals surface area (Å²) in [5.41, 5.74) is 3.10. The van der Waals surface area contributed by atoms with Gasteiger partial charge in [0.15, 0.2) is 0 Å². The maximum atomic E-state index is 13.2. The van der Waals surface area contributed by atoms with Crippen molar-refractivity contribution in [1.29, 1.82) is 0 Å². The van der Waals surface area contributed by atoms with Crippen LogP contribution in [0.1, 0.15) is 33.6 Å². The predicted octanol–water partition coefficient (Wildman–Crippen LogP) is 5.06. The molecule has 34 heavy (non-hydrogen) atoms. The Morgan fingerprint density at radius 3 is 2.62 bits per heavy atom. The highest BCUT2D eigenvalue weighted by Crippen LogP contribution is 2.38. The molecule has 0 saturated carbocycles. The van der Waals surface area contributed by atoms with Gasteiger partial charge in [0.05, 0.1) is 11.3 Å². The average molecular weight is 492 g/mol. The van der Waals surface area contributed by atoms with Crippen LogP contribution in [0.2, 0.25) is 0 Å². The van der Waals surface area contributed by atoms with Crippen LogP contribution in [-0.4, -0.2) is 32.7 Å². The fourth-order valence-electron chi connectivity index (χ4n) is 3.78. The van der Waals surface area contributed by atoms with Crippen molar-refractivity contribution in [2.24, 2.45) is 0 Å². The van der Waals surface area contributed by atoms with Gasteiger partial charge < -0.3 is 15.1 Å². The zero-order valence-electron chi connectivity index (χ0n) is 18.1. The van der Waals surface area contributed by atoms with E-state index in [-0.39, 0.29) is 17.6 Å². The smallest absolute Gasteiger partial charge is 0.277 e. The maximum absolute atomic E-state index is 13.2. The molecule has 0 spiro atoms. The van der Waals surface area contributed by atoms with Crippen LogP contribution in [0.3, 0.4) is 0 Å². The second-order valence-electron chi connectivity index (χ2n) is 7.68. The predicted molar refractivity (Wildman–Crippen MR) is 132 cm³/mol. The van der Waals surface area contributed by atoms with Gasteiger partial charge in [0, 0.05) is 28.5 Å². The Bertz CT molecular complexity index is 1300. The van der Waals surface area contributed by atoms with Crippen LogP contribution in [0.25, 0.3) is 11.5 Å². The first-order valence-electron chi connectivity index (χ1n) is 10.8. The summed E-state index contributed by atoms with van der Waals surface area (Å²) in [6, 6.07) is 12.9. The molecule has 3 aromatic heterocycles. The molecule has 0 atom stereocenters. The quantitative estimate of drug-likeness (QED) is 0.348. The van der Waals surface area contributed by atoms with Crippen molar-refractivity contribution in [1.82, 2.24) is 15.2 Å². The van der Waals surface area contributed by atoms with Crippen molar-refractivity contribution in [3.05, 3.63) is 70.9 Å². The lowest BCUT2D eigenvalue weighted by Crippen LogP contribution is -2.19. The van der Waals surface area contributed by atoms with Crippen molar-refractivity contribution < 1.29 is 14.0 Å². The third-order valence-electron chi connectivity index (χ3n) is 5.34. The molecule has 10 heteroatoms. The maximum Gasteiger partial charge on any atom is 0.277 e. The molecule has 2 amide bonds. The molecule has 1 aromatic carbocycles. The number of carbonyl (C=O) groups excluding carboxylic acids is 2. The van der Waals surface area contributed by atoms with Gasteiger partial charge in [0.25, 0.3) is 11.1 Å². The molecule has 172 valence electrons. The Hall–Kier alpha value is -3.50. The molecule has 3 heterocycles. The van der Waals surface area contributed by atoms with Gasteiger partial charge in [-0.2, -0.15) is 0 Å². The molecule has 0 bridgehead atoms. The minimum absolute atomic E-state index is 0.0836. The van der Waals surface area contributed by atoms with Gasteiger partial charge in [0.2, 0.25) is 11.8 Å². The Morgan fingerprint density at radius 1 is 1.00 bits per heavy atom. The first-order valence-corrected chi connectivity index (χ1v) is 12.6. The van der Waals surface area contributed by atoms with E-state index in [0.29, 0.717) is 21.7 Å². The van der Waals surface area contributed by atoms with Crippen LogP contribution in [0.5, 0.6) is 0 Å². The number of thioether (sulfide) groups is 1. The molecule has 0 aliphatic heterocycles. The summed E-state index contributed by atoms with van der Waals surface area (Å²) in [5, 5.41) is 14.8. The number of amides is 2. The van der Waals surface area contributed by atoms with Gasteiger partial charge in [-0.25, -0.2) is 0 Å². The van der Waals surface area contributed by atoms with Crippen LogP contribution in [-0.2, 0) is 17.6 Å². The highest BCUT2D eigenvalue weighted by Gasteiger charge is 2.26. The standard InChI is InChI=1S/C24H21N5O3S2/c30-19(14-33-24-29-28-22(32-24)15-10-12-25-13-11-15)27-23-20(17-8-4-5-9-18(17)34-23)21(31)26-16-6-2-1-3-7-16/h1-3,6-7,10-13H,4-5,8-9,14H2,(H,26,31)(H,27,30). The Kier molecular flexibility index (Phi) is 6.68. The summed E-state index contributed by atoms with van der Waals surface area (Å²) in [4.78, 5) is 31.1. The molecule has 5 rings (SSSR count). The number of carbonyl (C=O) groups is 2. The molecule has 0 radical (unpaired) electrons. The molecule has 0 unspecified atom stereocenters. The first kappa shape index (κ1) is 22.3. The Labute approximate surface area is 204 Å². The number of rotatable bonds is 7. The van der Waals surface area contributed by atoms with E-state index in [2.05, 4.69) is 25.8 Å². The van der Waals surface area contributed by atoms with Crippen molar-refractivity contribution >= 4 is 45.6 Å². The number of aromatic nitrogens is 3. The monoisotopic (exact) mass is 491 g/mol. The summed E-state index contributed by atoms with van der Waals surface area (Å²) < 4.78 is 5.64. The van der Waals surface area contributed by atoms with Gasteiger partial charge in [-0.05, 0) is 55.5 Å². The number of nitrogens with one attached hydrogen (secondary N) is 2. The number of hydrogen-bond donors (Lipinski definition) is 2. The third-order valence-corrected chi connectivity index (χ3v) is 7.37. The Morgan fingerprint density at radius 2 is 1.79 bits per heavy atom. The van der Waals surface area contributed by atoms with Gasteiger partial charge in [-0.3, -0.25) is 14.6 Å². The molecular formula is C24H21N5O3S2. The number of nitrogens with zero attached hydrogens (tertiary/aromatic N) is 3. The van der Waals surface area contributed by atoms with E-state index in [1.54, 1.807) is 24.5 Å². The zero-order chi connectivity index (χ0) is 23.3. The van der Waals surface area contributed by atoms with Crippen LogP contribution in [0.15, 0.2) is 64.5 Å². The SMILES string of the molecule is O=C(CSc1nnc(-c2ccncc2)o1)Nc1sc2c(c1C(=O)Nc1ccccc1)CCCC2. The van der Waals surface area contributed by atoms with Gasteiger partial charge in [0.1, 0.15) is 5.00 Å². The van der Waals surface area contributed by atoms with Crippen LogP contribution < -0.4 is 10.6 Å². The number of thiophene rings is 1. The van der Waals surface area contributed by atoms with Gasteiger partial charge in [-0.15, -0.1) is 21.5 Å². The lowest BCUT2D eigenvalue weighted by atomic mass is 9.95. The second-order valence-corrected chi connectivity index (χ2v) is 9.71. The molecule has 0 saturated heterocycles. The van der Waals surface area contributed by atoms with Crippen molar-refractivity contribution in [3.63, 3.8) is 0 Å². The van der Waals surface area contributed by atoms with Crippen LogP contribution in [0.4, 0.5) is 10.7 Å². The molecule has 8 nitrogen and oxygen atoms in total. The summed E-state index contributed by atoms with van der Waals surface area (Å²) in [6.07, 6.45) is 7.19. The van der Waals surface area contributed by atoms with E-state index < -0.39 is 0 Å². The average Bonchev–Trinajstić information content (AvgIpc) is 3.48. The first-order chi connectivity index (χ1) is 16.7. The van der Waals surface area contributed by atoms with Crippen LogP contribution >= 0.6 is 23.1 Å². The highest BCUT2D eigenvalue weighted by molar-refractivity contribution is 7.99. The number of benzene rings is 1. The minimum Gasteiger partial charge on any atom is -0.411 e. The van der Waals surface area contributed by atoms with Crippen molar-refractivity contribution in [3.8, 4) is 11.5 Å². The number of fused-ring (bicyclic) bond motifs is 1. The normalized spacial score (nSPS) is 12.7. The summed E-state index contributed by atoms with van der Waals surface area (Å²) in [7, 11) is 0. The van der Waals surface area contributed by atoms with Crippen molar-refractivity contribution in [2.45, 2.75) is 30.9 Å². The topological polar surface area (TPSA) is 110 Å². The highest BCUT2D eigenvalue weighted by atomic mass is 32.2. The largest absolute Gasteiger partial charge is 0.411 e. The molecule has 1 aliphatic carbocycles. The van der Waals surface area contributed by atoms with Gasteiger partial charge in [-0.1, -0.05) is 30.0 Å². The lowest BCUT2D eigenvalue weighted by molar-refractivity contribution is -0.113. The van der Waals surface area contributed by atoms with E-state index in [0.717, 1.165) is 54.3 Å². The van der Waals surface area contributed by atoms with E-state index in [4.69, 9.17) is 4.42 Å². The summed E-state index contributed by atoms with van der Waals surface area (Å²) >= 11 is 2.64. The second kappa shape index (κ2) is 10.2. The third kappa shape index (κ3) is 5.02. The number of hydrogen-bond acceptors (Lipinski definition) is 8. The van der Waals surface area contributed by atoms with Crippen molar-refractivity contribution in [2.75, 3.05) is 16.4 Å². The molecule has 4 aromatic rings. The molecular weight excluding hydrogens is 470 g/mol. The van der Waals surface area contributed by atoms with Crippen LogP contribution in [0, 0.1) is 0 Å². The molecule has 2 N–H and O–H groups in total.